The van der Waals surface area contributed by atoms with Gasteiger partial charge < -0.3 is 15.3 Å². The van der Waals surface area contributed by atoms with E-state index < -0.39 is 0 Å². The number of fused-ring (bicyclic) bond motifs is 2. The van der Waals surface area contributed by atoms with Gasteiger partial charge in [-0.1, -0.05) is 24.6 Å². The number of hydrogen-bond acceptors (Lipinski definition) is 3. The molecule has 1 aromatic carbocycles. The predicted octanol–water partition coefficient (Wildman–Crippen LogP) is 2.81. The van der Waals surface area contributed by atoms with Crippen molar-refractivity contribution in [3.05, 3.63) is 29.3 Å². The minimum Gasteiger partial charge on any atom is -0.507 e. The molecule has 0 radical (unpaired) electrons. The Kier molecular flexibility index (Phi) is 3.99. The van der Waals surface area contributed by atoms with Gasteiger partial charge >= 0.3 is 0 Å². The highest BCUT2D eigenvalue weighted by Gasteiger charge is 2.35. The van der Waals surface area contributed by atoms with Gasteiger partial charge in [-0.25, -0.2) is 0 Å². The normalized spacial score (nSPS) is 30.4. The Morgan fingerprint density at radius 1 is 1.25 bits per heavy atom. The lowest BCUT2D eigenvalue weighted by atomic mass is 9.82. The van der Waals surface area contributed by atoms with Gasteiger partial charge in [-0.15, -0.1) is 0 Å². The van der Waals surface area contributed by atoms with Crippen LogP contribution in [0.2, 0.25) is 0 Å². The zero-order valence-electron chi connectivity index (χ0n) is 12.6. The fourth-order valence-corrected chi connectivity index (χ4v) is 3.90. The highest BCUT2D eigenvalue weighted by atomic mass is 16.3. The third-order valence-corrected chi connectivity index (χ3v) is 5.24. The van der Waals surface area contributed by atoms with E-state index in [0.29, 0.717) is 11.8 Å². The summed E-state index contributed by atoms with van der Waals surface area (Å²) in [5, 5.41) is 13.8. The van der Waals surface area contributed by atoms with Crippen LogP contribution in [0.25, 0.3) is 0 Å². The molecule has 2 saturated heterocycles. The molecular weight excluding hydrogens is 248 g/mol. The van der Waals surface area contributed by atoms with Crippen LogP contribution in [0.5, 0.6) is 5.75 Å². The summed E-state index contributed by atoms with van der Waals surface area (Å²) in [5.41, 5.74) is 1.98. The van der Waals surface area contributed by atoms with Crippen LogP contribution in [-0.2, 0) is 6.54 Å². The topological polar surface area (TPSA) is 35.5 Å². The summed E-state index contributed by atoms with van der Waals surface area (Å²) in [6, 6.07) is 8.11. The first-order valence-corrected chi connectivity index (χ1v) is 7.88. The minimum absolute atomic E-state index is 0.452. The van der Waals surface area contributed by atoms with E-state index in [9.17, 15) is 5.11 Å². The molecule has 2 unspecified atom stereocenters. The molecule has 110 valence electrons. The van der Waals surface area contributed by atoms with Crippen LogP contribution in [0.3, 0.4) is 0 Å². The quantitative estimate of drug-likeness (QED) is 0.889. The number of aromatic hydroxyl groups is 1. The number of nitrogens with one attached hydrogen (secondary N) is 1. The lowest BCUT2D eigenvalue weighted by Crippen LogP contribution is -2.54. The summed E-state index contributed by atoms with van der Waals surface area (Å²) in [6.45, 7) is 2.74. The van der Waals surface area contributed by atoms with E-state index >= 15 is 0 Å². The maximum Gasteiger partial charge on any atom is 0.122 e. The summed E-state index contributed by atoms with van der Waals surface area (Å²) >= 11 is 0. The number of benzene rings is 1. The van der Waals surface area contributed by atoms with E-state index in [4.69, 9.17) is 0 Å². The first kappa shape index (κ1) is 13.9. The van der Waals surface area contributed by atoms with Crippen molar-refractivity contribution in [2.24, 2.45) is 0 Å². The molecule has 1 aromatic rings. The van der Waals surface area contributed by atoms with Gasteiger partial charge in [0, 0.05) is 30.2 Å². The summed E-state index contributed by atoms with van der Waals surface area (Å²) < 4.78 is 0. The van der Waals surface area contributed by atoms with Gasteiger partial charge in [0.15, 0.2) is 0 Å². The summed E-state index contributed by atoms with van der Waals surface area (Å²) in [6.07, 6.45) is 6.59. The fraction of sp³-hybridized carbons (Fsp3) is 0.647. The van der Waals surface area contributed by atoms with Crippen molar-refractivity contribution < 1.29 is 5.11 Å². The first-order valence-electron chi connectivity index (χ1n) is 7.88. The number of rotatable bonds is 3. The smallest absolute Gasteiger partial charge is 0.122 e. The highest BCUT2D eigenvalue weighted by molar-refractivity contribution is 5.39. The van der Waals surface area contributed by atoms with Crippen molar-refractivity contribution in [1.29, 1.82) is 0 Å². The lowest BCUT2D eigenvalue weighted by molar-refractivity contribution is 0.0482. The molecular formula is C17H26N2O. The van der Waals surface area contributed by atoms with Crippen LogP contribution in [0.1, 0.15) is 43.2 Å². The SMILES string of the molecule is Cc1cccc(CNC2CC3CCCC(C2)N3C)c1O. The van der Waals surface area contributed by atoms with Crippen molar-refractivity contribution in [2.45, 2.75) is 63.7 Å². The second-order valence-electron chi connectivity index (χ2n) is 6.54. The van der Waals surface area contributed by atoms with E-state index in [1.807, 2.05) is 25.1 Å². The molecule has 2 aliphatic heterocycles. The zero-order chi connectivity index (χ0) is 14.1. The number of hydrogen-bond donors (Lipinski definition) is 2. The Balaban J connectivity index is 1.60. The van der Waals surface area contributed by atoms with E-state index in [-0.39, 0.29) is 0 Å². The maximum absolute atomic E-state index is 10.1. The number of nitrogens with zero attached hydrogens (tertiary/aromatic N) is 1. The summed E-state index contributed by atoms with van der Waals surface area (Å²) in [4.78, 5) is 2.59. The monoisotopic (exact) mass is 274 g/mol. The second kappa shape index (κ2) is 5.74. The Bertz CT molecular complexity index is 460. The number of phenolic OH excluding ortho intramolecular Hbond substituents is 1. The van der Waals surface area contributed by atoms with E-state index in [1.54, 1.807) is 0 Å². The molecule has 2 heterocycles. The molecule has 3 nitrogen and oxygen atoms in total. The molecule has 2 atom stereocenters. The molecule has 2 fully saturated rings. The molecule has 0 saturated carbocycles. The van der Waals surface area contributed by atoms with Gasteiger partial charge in [-0.05, 0) is 45.2 Å². The maximum atomic E-state index is 10.1. The van der Waals surface area contributed by atoms with Gasteiger partial charge in [0.25, 0.3) is 0 Å². The molecule has 3 rings (SSSR count). The molecule has 20 heavy (non-hydrogen) atoms. The van der Waals surface area contributed by atoms with Crippen LogP contribution in [0.15, 0.2) is 18.2 Å². The Hall–Kier alpha value is -1.06. The minimum atomic E-state index is 0.452. The van der Waals surface area contributed by atoms with Crippen LogP contribution in [0, 0.1) is 6.92 Å². The molecule has 0 amide bonds. The van der Waals surface area contributed by atoms with Crippen molar-refractivity contribution in [3.63, 3.8) is 0 Å². The van der Waals surface area contributed by atoms with Crippen LogP contribution < -0.4 is 5.32 Å². The molecule has 0 spiro atoms. The molecule has 0 aliphatic carbocycles. The van der Waals surface area contributed by atoms with Crippen molar-refractivity contribution in [2.75, 3.05) is 7.05 Å². The average molecular weight is 274 g/mol. The third kappa shape index (κ3) is 2.70. The Morgan fingerprint density at radius 2 is 1.95 bits per heavy atom. The average Bonchev–Trinajstić information content (AvgIpc) is 2.41. The standard InChI is InChI=1S/C17H26N2O/c1-12-5-3-6-13(17(12)20)11-18-14-9-15-7-4-8-16(10-14)19(15)2/h3,5-6,14-16,18,20H,4,7-11H2,1-2H3. The van der Waals surface area contributed by atoms with Gasteiger partial charge in [-0.2, -0.15) is 0 Å². The van der Waals surface area contributed by atoms with E-state index in [0.717, 1.165) is 29.8 Å². The predicted molar refractivity (Wildman–Crippen MR) is 81.9 cm³/mol. The van der Waals surface area contributed by atoms with Gasteiger partial charge in [-0.3, -0.25) is 0 Å². The van der Waals surface area contributed by atoms with Gasteiger partial charge in [0.1, 0.15) is 5.75 Å². The van der Waals surface area contributed by atoms with Gasteiger partial charge in [0.05, 0.1) is 0 Å². The van der Waals surface area contributed by atoms with Crippen molar-refractivity contribution in [1.82, 2.24) is 10.2 Å². The third-order valence-electron chi connectivity index (χ3n) is 5.24. The summed E-state index contributed by atoms with van der Waals surface area (Å²) in [5.74, 6) is 0.452. The Morgan fingerprint density at radius 3 is 2.65 bits per heavy atom. The molecule has 0 aromatic heterocycles. The first-order chi connectivity index (χ1) is 9.65. The van der Waals surface area contributed by atoms with Gasteiger partial charge in [0.2, 0.25) is 0 Å². The number of aryl methyl sites for hydroxylation is 1. The molecule has 3 heteroatoms. The van der Waals surface area contributed by atoms with Crippen LogP contribution >= 0.6 is 0 Å². The largest absolute Gasteiger partial charge is 0.507 e. The Labute approximate surface area is 122 Å². The van der Waals surface area contributed by atoms with Crippen LogP contribution in [-0.4, -0.2) is 35.2 Å². The van der Waals surface area contributed by atoms with Crippen molar-refractivity contribution in [3.8, 4) is 5.75 Å². The highest BCUT2D eigenvalue weighted by Crippen LogP contribution is 2.33. The van der Waals surface area contributed by atoms with Crippen molar-refractivity contribution >= 4 is 0 Å². The summed E-state index contributed by atoms with van der Waals surface area (Å²) in [7, 11) is 2.29. The molecule has 2 aliphatic rings. The number of phenols is 1. The van der Waals surface area contributed by atoms with E-state index in [1.165, 1.54) is 32.1 Å². The zero-order valence-corrected chi connectivity index (χ0v) is 12.6. The number of para-hydroxylation sites is 1. The lowest BCUT2D eigenvalue weighted by Gasteiger charge is -2.47. The second-order valence-corrected chi connectivity index (χ2v) is 6.54. The van der Waals surface area contributed by atoms with Crippen LogP contribution in [0.4, 0.5) is 0 Å². The fourth-order valence-electron chi connectivity index (χ4n) is 3.90. The molecule has 2 bridgehead atoms. The van der Waals surface area contributed by atoms with E-state index in [2.05, 4.69) is 17.3 Å². The number of piperidine rings is 2. The molecule has 2 N–H and O–H groups in total.